The predicted molar refractivity (Wildman–Crippen MR) is 94.1 cm³/mol. The number of nitrogens with zero attached hydrogens (tertiary/aromatic N) is 1. The predicted octanol–water partition coefficient (Wildman–Crippen LogP) is 2.69. The summed E-state index contributed by atoms with van der Waals surface area (Å²) >= 11 is 2.90. The molecule has 0 unspecified atom stereocenters. The number of ether oxygens (including phenoxy) is 1. The number of amides is 1. The topological polar surface area (TPSA) is 88.5 Å². The van der Waals surface area contributed by atoms with Crippen molar-refractivity contribution in [3.63, 3.8) is 0 Å². The third-order valence-corrected chi connectivity index (χ3v) is 5.01. The van der Waals surface area contributed by atoms with Crippen molar-refractivity contribution in [3.8, 4) is 5.75 Å². The average Bonchev–Trinajstić information content (AvgIpc) is 3.05. The quantitative estimate of drug-likeness (QED) is 0.664. The zero-order valence-electron chi connectivity index (χ0n) is 13.2. The first-order valence-corrected chi connectivity index (χ1v) is 9.16. The number of rotatable bonds is 9. The van der Waals surface area contributed by atoms with E-state index in [0.29, 0.717) is 30.1 Å². The zero-order valence-corrected chi connectivity index (χ0v) is 14.8. The summed E-state index contributed by atoms with van der Waals surface area (Å²) in [4.78, 5) is 27.6. The number of methoxy groups -OCH3 is 1. The molecule has 0 radical (unpaired) electrons. The van der Waals surface area contributed by atoms with Crippen LogP contribution in [0.1, 0.15) is 21.9 Å². The fraction of sp³-hybridized carbons (Fsp3) is 0.312. The number of carboxylic acids is 1. The Kier molecular flexibility index (Phi) is 7.07. The molecule has 2 aromatic rings. The standard InChI is InChI=1S/C16H18N2O4S2/c1-22-11-2-4-12(5-3-11)23-9-7-14(19)17-8-6-15-18-13(10-24-15)16(20)21/h2-5,10H,6-9H2,1H3,(H,17,19)(H,20,21). The van der Waals surface area contributed by atoms with Gasteiger partial charge < -0.3 is 15.2 Å². The maximum absolute atomic E-state index is 11.8. The molecule has 0 aliphatic carbocycles. The van der Waals surface area contributed by atoms with Crippen LogP contribution in [0.4, 0.5) is 0 Å². The van der Waals surface area contributed by atoms with Gasteiger partial charge in [-0.05, 0) is 24.3 Å². The zero-order chi connectivity index (χ0) is 17.4. The fourth-order valence-electron chi connectivity index (χ4n) is 1.85. The van der Waals surface area contributed by atoms with Gasteiger partial charge in [-0.1, -0.05) is 0 Å². The SMILES string of the molecule is COc1ccc(SCCC(=O)NCCc2nc(C(=O)O)cs2)cc1. The van der Waals surface area contributed by atoms with Crippen molar-refractivity contribution in [2.24, 2.45) is 0 Å². The second-order valence-corrected chi connectivity index (χ2v) is 6.92. The average molecular weight is 366 g/mol. The summed E-state index contributed by atoms with van der Waals surface area (Å²) in [6.07, 6.45) is 0.963. The van der Waals surface area contributed by atoms with Gasteiger partial charge in [0.05, 0.1) is 12.1 Å². The van der Waals surface area contributed by atoms with Crippen LogP contribution < -0.4 is 10.1 Å². The lowest BCUT2D eigenvalue weighted by atomic mass is 10.3. The number of aromatic carboxylic acids is 1. The molecule has 0 aliphatic rings. The number of hydrogen-bond donors (Lipinski definition) is 2. The second-order valence-electron chi connectivity index (χ2n) is 4.81. The molecule has 128 valence electrons. The Balaban J connectivity index is 1.63. The first-order valence-electron chi connectivity index (χ1n) is 7.29. The van der Waals surface area contributed by atoms with Crippen LogP contribution >= 0.6 is 23.1 Å². The molecule has 8 heteroatoms. The Morgan fingerprint density at radius 2 is 2.08 bits per heavy atom. The Morgan fingerprint density at radius 1 is 1.33 bits per heavy atom. The fourth-order valence-corrected chi connectivity index (χ4v) is 3.48. The van der Waals surface area contributed by atoms with Gasteiger partial charge in [0.25, 0.3) is 0 Å². The highest BCUT2D eigenvalue weighted by Crippen LogP contribution is 2.21. The smallest absolute Gasteiger partial charge is 0.355 e. The number of aromatic nitrogens is 1. The lowest BCUT2D eigenvalue weighted by molar-refractivity contribution is -0.120. The number of thiazole rings is 1. The molecule has 2 N–H and O–H groups in total. The second kappa shape index (κ2) is 9.29. The first-order chi connectivity index (χ1) is 11.6. The molecule has 0 saturated carbocycles. The van der Waals surface area contributed by atoms with E-state index in [1.54, 1.807) is 18.9 Å². The van der Waals surface area contributed by atoms with Crippen LogP contribution in [0.25, 0.3) is 0 Å². The van der Waals surface area contributed by atoms with E-state index >= 15 is 0 Å². The van der Waals surface area contributed by atoms with Crippen LogP contribution in [0.3, 0.4) is 0 Å². The highest BCUT2D eigenvalue weighted by atomic mass is 32.2. The number of benzene rings is 1. The molecule has 1 aromatic carbocycles. The van der Waals surface area contributed by atoms with E-state index in [9.17, 15) is 9.59 Å². The summed E-state index contributed by atoms with van der Waals surface area (Å²) in [6, 6.07) is 7.71. The molecule has 24 heavy (non-hydrogen) atoms. The Hall–Kier alpha value is -2.06. The van der Waals surface area contributed by atoms with Gasteiger partial charge in [-0.2, -0.15) is 0 Å². The van der Waals surface area contributed by atoms with Crippen LogP contribution in [-0.2, 0) is 11.2 Å². The molecular formula is C16H18N2O4S2. The molecule has 2 rings (SSSR count). The Labute approximate surface area is 148 Å². The van der Waals surface area contributed by atoms with Crippen LogP contribution in [0.15, 0.2) is 34.5 Å². The summed E-state index contributed by atoms with van der Waals surface area (Å²) in [6.45, 7) is 0.457. The highest BCUT2D eigenvalue weighted by Gasteiger charge is 2.09. The maximum Gasteiger partial charge on any atom is 0.355 e. The largest absolute Gasteiger partial charge is 0.497 e. The lowest BCUT2D eigenvalue weighted by Crippen LogP contribution is -2.25. The van der Waals surface area contributed by atoms with Crippen molar-refractivity contribution in [3.05, 3.63) is 40.3 Å². The molecule has 0 fully saturated rings. The highest BCUT2D eigenvalue weighted by molar-refractivity contribution is 7.99. The van der Waals surface area contributed by atoms with Crippen LogP contribution in [-0.4, -0.2) is 41.4 Å². The van der Waals surface area contributed by atoms with E-state index in [-0.39, 0.29) is 11.6 Å². The van der Waals surface area contributed by atoms with Gasteiger partial charge in [-0.15, -0.1) is 23.1 Å². The molecule has 0 atom stereocenters. The van der Waals surface area contributed by atoms with E-state index in [0.717, 1.165) is 10.6 Å². The van der Waals surface area contributed by atoms with Gasteiger partial charge in [0.15, 0.2) is 5.69 Å². The third kappa shape index (κ3) is 5.86. The van der Waals surface area contributed by atoms with Crippen LogP contribution in [0.5, 0.6) is 5.75 Å². The van der Waals surface area contributed by atoms with Crippen molar-refractivity contribution < 1.29 is 19.4 Å². The van der Waals surface area contributed by atoms with Gasteiger partial charge in [0.2, 0.25) is 5.91 Å². The molecule has 0 aliphatic heterocycles. The normalized spacial score (nSPS) is 10.4. The van der Waals surface area contributed by atoms with Gasteiger partial charge in [-0.25, -0.2) is 9.78 Å². The summed E-state index contributed by atoms with van der Waals surface area (Å²) in [7, 11) is 1.63. The number of carbonyl (C=O) groups is 2. The number of thioether (sulfide) groups is 1. The molecule has 1 aromatic heterocycles. The molecule has 1 amide bonds. The maximum atomic E-state index is 11.8. The van der Waals surface area contributed by atoms with Crippen LogP contribution in [0, 0.1) is 0 Å². The van der Waals surface area contributed by atoms with Crippen molar-refractivity contribution in [2.45, 2.75) is 17.7 Å². The van der Waals surface area contributed by atoms with Crippen molar-refractivity contribution >= 4 is 35.0 Å². The minimum absolute atomic E-state index is 0.0222. The van der Waals surface area contributed by atoms with E-state index in [1.807, 2.05) is 24.3 Å². The Bertz CT molecular complexity index is 686. The summed E-state index contributed by atoms with van der Waals surface area (Å²) in [5.74, 6) is 0.451. The van der Waals surface area contributed by atoms with Gasteiger partial charge in [0, 0.05) is 35.4 Å². The van der Waals surface area contributed by atoms with Gasteiger partial charge in [-0.3, -0.25) is 4.79 Å². The molecule has 0 saturated heterocycles. The van der Waals surface area contributed by atoms with E-state index in [1.165, 1.54) is 16.7 Å². The summed E-state index contributed by atoms with van der Waals surface area (Å²) < 4.78 is 5.10. The van der Waals surface area contributed by atoms with E-state index < -0.39 is 5.97 Å². The summed E-state index contributed by atoms with van der Waals surface area (Å²) in [5.41, 5.74) is 0.0530. The van der Waals surface area contributed by atoms with Gasteiger partial charge in [0.1, 0.15) is 5.75 Å². The molecule has 0 spiro atoms. The monoisotopic (exact) mass is 366 g/mol. The van der Waals surface area contributed by atoms with E-state index in [4.69, 9.17) is 9.84 Å². The first kappa shape index (κ1) is 18.3. The number of hydrogen-bond acceptors (Lipinski definition) is 6. The Morgan fingerprint density at radius 3 is 2.71 bits per heavy atom. The van der Waals surface area contributed by atoms with Gasteiger partial charge >= 0.3 is 5.97 Å². The summed E-state index contributed by atoms with van der Waals surface area (Å²) in [5, 5.41) is 13.8. The molecule has 1 heterocycles. The number of carboxylic acid groups (broad SMARTS) is 1. The minimum Gasteiger partial charge on any atom is -0.497 e. The van der Waals surface area contributed by atoms with Crippen molar-refractivity contribution in [1.82, 2.24) is 10.3 Å². The molecule has 6 nitrogen and oxygen atoms in total. The number of nitrogens with one attached hydrogen (secondary N) is 1. The van der Waals surface area contributed by atoms with E-state index in [2.05, 4.69) is 10.3 Å². The molecule has 0 bridgehead atoms. The minimum atomic E-state index is -1.03. The molecular weight excluding hydrogens is 348 g/mol. The van der Waals surface area contributed by atoms with Crippen molar-refractivity contribution in [2.75, 3.05) is 19.4 Å². The number of carbonyl (C=O) groups excluding carboxylic acids is 1. The van der Waals surface area contributed by atoms with Crippen LogP contribution in [0.2, 0.25) is 0 Å². The third-order valence-electron chi connectivity index (χ3n) is 3.09. The van der Waals surface area contributed by atoms with Crippen molar-refractivity contribution in [1.29, 1.82) is 0 Å². The lowest BCUT2D eigenvalue weighted by Gasteiger charge is -2.05.